The van der Waals surface area contributed by atoms with E-state index >= 15 is 0 Å². The van der Waals surface area contributed by atoms with Gasteiger partial charge in [-0.25, -0.2) is 0 Å². The minimum Gasteiger partial charge on any atom is -0.314 e. The molecule has 1 heterocycles. The van der Waals surface area contributed by atoms with Crippen LogP contribution in [0.3, 0.4) is 0 Å². The van der Waals surface area contributed by atoms with E-state index in [9.17, 15) is 13.2 Å². The largest absolute Gasteiger partial charge is 0.418 e. The number of hydrogen-bond acceptors (Lipinski definition) is 2. The van der Waals surface area contributed by atoms with Crippen LogP contribution in [0.15, 0.2) is 18.3 Å². The van der Waals surface area contributed by atoms with E-state index in [1.54, 1.807) is 6.92 Å². The topological polar surface area (TPSA) is 24.9 Å². The second-order valence-corrected chi connectivity index (χ2v) is 4.30. The number of likely N-dealkylation sites (N-methyl/N-ethyl adjacent to an activating group) is 1. The lowest BCUT2D eigenvalue weighted by molar-refractivity contribution is -0.138. The van der Waals surface area contributed by atoms with Crippen LogP contribution in [-0.2, 0) is 6.18 Å². The molecule has 1 aromatic rings. The van der Waals surface area contributed by atoms with Gasteiger partial charge < -0.3 is 5.32 Å². The van der Waals surface area contributed by atoms with E-state index in [2.05, 4.69) is 10.3 Å². The van der Waals surface area contributed by atoms with Crippen LogP contribution in [0, 0.1) is 0 Å². The van der Waals surface area contributed by atoms with E-state index in [0.717, 1.165) is 19.0 Å². The molecule has 0 fully saturated rings. The van der Waals surface area contributed by atoms with Crippen molar-refractivity contribution in [1.29, 1.82) is 0 Å². The summed E-state index contributed by atoms with van der Waals surface area (Å²) in [7, 11) is 0. The first-order chi connectivity index (χ1) is 8.41. The van der Waals surface area contributed by atoms with Crippen molar-refractivity contribution in [3.05, 3.63) is 29.6 Å². The average Bonchev–Trinajstić information content (AvgIpc) is 2.34. The van der Waals surface area contributed by atoms with Crippen molar-refractivity contribution in [2.45, 2.75) is 45.3 Å². The quantitative estimate of drug-likeness (QED) is 0.875. The summed E-state index contributed by atoms with van der Waals surface area (Å²) in [6.45, 7) is 6.42. The molecule has 18 heavy (non-hydrogen) atoms. The molecule has 0 spiro atoms. The minimum absolute atomic E-state index is 0.00556. The summed E-state index contributed by atoms with van der Waals surface area (Å²) >= 11 is 0. The van der Waals surface area contributed by atoms with E-state index in [4.69, 9.17) is 0 Å². The average molecular weight is 260 g/mol. The molecule has 2 nitrogen and oxygen atoms in total. The Morgan fingerprint density at radius 2 is 2.00 bits per heavy atom. The molecule has 2 unspecified atom stereocenters. The van der Waals surface area contributed by atoms with Crippen molar-refractivity contribution in [2.24, 2.45) is 0 Å². The lowest BCUT2D eigenvalue weighted by atomic mass is 9.92. The van der Waals surface area contributed by atoms with Crippen LogP contribution in [0.1, 0.15) is 44.4 Å². The van der Waals surface area contributed by atoms with Crippen molar-refractivity contribution >= 4 is 0 Å². The number of aromatic nitrogens is 1. The van der Waals surface area contributed by atoms with E-state index in [0.29, 0.717) is 0 Å². The number of nitrogens with zero attached hydrogens (tertiary/aromatic N) is 1. The summed E-state index contributed by atoms with van der Waals surface area (Å²) in [6.07, 6.45) is -2.16. The summed E-state index contributed by atoms with van der Waals surface area (Å²) < 4.78 is 38.7. The molecule has 0 bridgehead atoms. The van der Waals surface area contributed by atoms with Gasteiger partial charge in [-0.05, 0) is 25.1 Å². The number of nitrogens with one attached hydrogen (secondary N) is 1. The first kappa shape index (κ1) is 15.0. The van der Waals surface area contributed by atoms with Gasteiger partial charge in [-0.3, -0.25) is 4.98 Å². The molecule has 102 valence electrons. The monoisotopic (exact) mass is 260 g/mol. The van der Waals surface area contributed by atoms with Gasteiger partial charge in [0.2, 0.25) is 0 Å². The van der Waals surface area contributed by atoms with Crippen LogP contribution in [0.25, 0.3) is 0 Å². The van der Waals surface area contributed by atoms with Gasteiger partial charge in [0.15, 0.2) is 0 Å². The van der Waals surface area contributed by atoms with Gasteiger partial charge in [-0.2, -0.15) is 13.2 Å². The third kappa shape index (κ3) is 3.45. The normalized spacial score (nSPS) is 15.4. The molecule has 0 aliphatic heterocycles. The zero-order valence-electron chi connectivity index (χ0n) is 10.9. The highest BCUT2D eigenvalue weighted by atomic mass is 19.4. The summed E-state index contributed by atoms with van der Waals surface area (Å²) in [5.41, 5.74) is -0.508. The highest BCUT2D eigenvalue weighted by molar-refractivity contribution is 5.27. The van der Waals surface area contributed by atoms with Gasteiger partial charge in [-0.1, -0.05) is 20.8 Å². The summed E-state index contributed by atoms with van der Waals surface area (Å²) in [5, 5.41) is 3.20. The Balaban J connectivity index is 3.08. The summed E-state index contributed by atoms with van der Waals surface area (Å²) in [5.74, 6) is -0.271. The number of rotatable bonds is 5. The molecular formula is C13H19F3N2. The molecule has 1 aromatic heterocycles. The molecule has 5 heteroatoms. The summed E-state index contributed by atoms with van der Waals surface area (Å²) in [6, 6.07) is 2.43. The van der Waals surface area contributed by atoms with Gasteiger partial charge in [0, 0.05) is 18.2 Å². The van der Waals surface area contributed by atoms with Crippen molar-refractivity contribution in [3.63, 3.8) is 0 Å². The van der Waals surface area contributed by atoms with Gasteiger partial charge in [0.05, 0.1) is 11.3 Å². The van der Waals surface area contributed by atoms with Crippen LogP contribution in [0.5, 0.6) is 0 Å². The van der Waals surface area contributed by atoms with Crippen LogP contribution >= 0.6 is 0 Å². The number of halogens is 3. The van der Waals surface area contributed by atoms with E-state index < -0.39 is 11.7 Å². The molecular weight excluding hydrogens is 241 g/mol. The second-order valence-electron chi connectivity index (χ2n) is 4.30. The van der Waals surface area contributed by atoms with Gasteiger partial charge >= 0.3 is 6.18 Å². The Morgan fingerprint density at radius 3 is 2.50 bits per heavy atom. The molecule has 2 atom stereocenters. The van der Waals surface area contributed by atoms with Crippen LogP contribution in [0.2, 0.25) is 0 Å². The van der Waals surface area contributed by atoms with Gasteiger partial charge in [-0.15, -0.1) is 0 Å². The zero-order valence-corrected chi connectivity index (χ0v) is 10.9. The lowest BCUT2D eigenvalue weighted by Crippen LogP contribution is -2.34. The molecule has 0 aliphatic carbocycles. The maximum absolute atomic E-state index is 12.9. The Kier molecular flexibility index (Phi) is 5.14. The van der Waals surface area contributed by atoms with Crippen LogP contribution in [0.4, 0.5) is 13.2 Å². The second kappa shape index (κ2) is 6.18. The molecule has 0 amide bonds. The smallest absolute Gasteiger partial charge is 0.314 e. The predicted octanol–water partition coefficient (Wildman–Crippen LogP) is 3.59. The van der Waals surface area contributed by atoms with Crippen molar-refractivity contribution < 1.29 is 13.2 Å². The first-order valence-corrected chi connectivity index (χ1v) is 6.17. The third-order valence-corrected chi connectivity index (χ3v) is 3.08. The van der Waals surface area contributed by atoms with Gasteiger partial charge in [0.1, 0.15) is 0 Å². The zero-order chi connectivity index (χ0) is 13.8. The Morgan fingerprint density at radius 1 is 1.33 bits per heavy atom. The van der Waals surface area contributed by atoms with Crippen LogP contribution < -0.4 is 5.32 Å². The Hall–Kier alpha value is -1.10. The van der Waals surface area contributed by atoms with Crippen molar-refractivity contribution in [3.8, 4) is 0 Å². The van der Waals surface area contributed by atoms with Crippen LogP contribution in [-0.4, -0.2) is 17.6 Å². The number of hydrogen-bond donors (Lipinski definition) is 1. The highest BCUT2D eigenvalue weighted by Gasteiger charge is 2.36. The standard InChI is InChI=1S/C13H19F3N2/c1-4-11(17-5-2)9(3)12-10(13(14,15)16)7-6-8-18-12/h6-9,11,17H,4-5H2,1-3H3. The number of pyridine rings is 1. The van der Waals surface area contributed by atoms with E-state index in [1.807, 2.05) is 13.8 Å². The fraction of sp³-hybridized carbons (Fsp3) is 0.615. The Bertz CT molecular complexity index is 377. The molecule has 0 saturated carbocycles. The molecule has 0 saturated heterocycles. The minimum atomic E-state index is -4.34. The SMILES string of the molecule is CCNC(CC)C(C)c1ncccc1C(F)(F)F. The molecule has 1 N–H and O–H groups in total. The highest BCUT2D eigenvalue weighted by Crippen LogP contribution is 2.35. The molecule has 0 aliphatic rings. The Labute approximate surface area is 106 Å². The van der Waals surface area contributed by atoms with Crippen molar-refractivity contribution in [1.82, 2.24) is 10.3 Å². The van der Waals surface area contributed by atoms with E-state index in [1.165, 1.54) is 12.3 Å². The maximum Gasteiger partial charge on any atom is 0.418 e. The third-order valence-electron chi connectivity index (χ3n) is 3.08. The fourth-order valence-corrected chi connectivity index (χ4v) is 2.15. The summed E-state index contributed by atoms with van der Waals surface area (Å²) in [4.78, 5) is 3.94. The van der Waals surface area contributed by atoms with Gasteiger partial charge in [0.25, 0.3) is 0 Å². The maximum atomic E-state index is 12.9. The molecule has 0 aromatic carbocycles. The predicted molar refractivity (Wildman–Crippen MR) is 65.4 cm³/mol. The molecule has 0 radical (unpaired) electrons. The fourth-order valence-electron chi connectivity index (χ4n) is 2.15. The molecule has 1 rings (SSSR count). The van der Waals surface area contributed by atoms with Crippen molar-refractivity contribution in [2.75, 3.05) is 6.54 Å². The van der Waals surface area contributed by atoms with E-state index in [-0.39, 0.29) is 17.7 Å². The first-order valence-electron chi connectivity index (χ1n) is 6.17. The lowest BCUT2D eigenvalue weighted by Gasteiger charge is -2.25. The number of alkyl halides is 3.